The molecule has 2 N–H and O–H groups in total. The molecule has 5 nitrogen and oxygen atoms in total. The van der Waals surface area contributed by atoms with Crippen LogP contribution in [-0.2, 0) is 16.1 Å². The highest BCUT2D eigenvalue weighted by Gasteiger charge is 2.30. The van der Waals surface area contributed by atoms with Gasteiger partial charge in [-0.2, -0.15) is 0 Å². The minimum absolute atomic E-state index is 0.00130. The van der Waals surface area contributed by atoms with Crippen molar-refractivity contribution in [1.29, 1.82) is 0 Å². The summed E-state index contributed by atoms with van der Waals surface area (Å²) < 4.78 is 5.53. The number of hydrogen-bond acceptors (Lipinski definition) is 3. The fraction of sp³-hybridized carbons (Fsp3) is 0.296. The van der Waals surface area contributed by atoms with Crippen LogP contribution in [0.2, 0.25) is 0 Å². The zero-order valence-electron chi connectivity index (χ0n) is 18.9. The van der Waals surface area contributed by atoms with Gasteiger partial charge < -0.3 is 19.9 Å². The molecule has 1 saturated heterocycles. The van der Waals surface area contributed by atoms with E-state index in [1.165, 1.54) is 16.8 Å². The second kappa shape index (κ2) is 10.4. The molecule has 0 bridgehead atoms. The van der Waals surface area contributed by atoms with Gasteiger partial charge >= 0.3 is 0 Å². The summed E-state index contributed by atoms with van der Waals surface area (Å²) in [5.41, 5.74) is 5.49. The van der Waals surface area contributed by atoms with Crippen molar-refractivity contribution in [2.45, 2.75) is 19.5 Å². The lowest BCUT2D eigenvalue weighted by Gasteiger charge is -2.32. The van der Waals surface area contributed by atoms with Gasteiger partial charge in [-0.25, -0.2) is 0 Å². The van der Waals surface area contributed by atoms with Crippen LogP contribution in [0.15, 0.2) is 78.9 Å². The van der Waals surface area contributed by atoms with Gasteiger partial charge in [0.2, 0.25) is 0 Å². The van der Waals surface area contributed by atoms with E-state index < -0.39 is 0 Å². The predicted molar refractivity (Wildman–Crippen MR) is 129 cm³/mol. The Hall–Kier alpha value is -3.15. The smallest absolute Gasteiger partial charge is 0.287 e. The number of ether oxygens (including phenoxy) is 1. The number of amides is 1. The summed E-state index contributed by atoms with van der Waals surface area (Å²) in [6, 6.07) is 26.2. The number of carbonyl (C=O) groups excluding carboxylic acids is 1. The number of morpholine rings is 1. The summed E-state index contributed by atoms with van der Waals surface area (Å²) >= 11 is 0. The van der Waals surface area contributed by atoms with Crippen LogP contribution >= 0.6 is 0 Å². The van der Waals surface area contributed by atoms with Crippen molar-refractivity contribution in [3.63, 3.8) is 0 Å². The van der Waals surface area contributed by atoms with E-state index in [2.05, 4.69) is 41.5 Å². The van der Waals surface area contributed by atoms with Gasteiger partial charge in [0.05, 0.1) is 20.3 Å². The molecular weight excluding hydrogens is 398 g/mol. The molecule has 32 heavy (non-hydrogen) atoms. The molecule has 1 amide bonds. The molecule has 1 aliphatic rings. The van der Waals surface area contributed by atoms with Crippen LogP contribution < -0.4 is 15.1 Å². The van der Waals surface area contributed by atoms with Crippen LogP contribution in [0.25, 0.3) is 0 Å². The number of rotatable bonds is 7. The Morgan fingerprint density at radius 2 is 1.62 bits per heavy atom. The molecule has 0 aromatic heterocycles. The minimum Gasteiger partial charge on any atom is -0.378 e. The van der Waals surface area contributed by atoms with E-state index in [-0.39, 0.29) is 11.9 Å². The number of likely N-dealkylation sites (N-methyl/N-ethyl adjacent to an activating group) is 1. The van der Waals surface area contributed by atoms with E-state index in [1.807, 2.05) is 61.5 Å². The normalized spacial score (nSPS) is 15.8. The van der Waals surface area contributed by atoms with Gasteiger partial charge in [-0.05, 0) is 25.1 Å². The summed E-state index contributed by atoms with van der Waals surface area (Å²) in [5, 5.41) is 3.13. The maximum atomic E-state index is 13.5. The Kier molecular flexibility index (Phi) is 7.20. The number of benzene rings is 3. The van der Waals surface area contributed by atoms with Crippen LogP contribution in [0.3, 0.4) is 0 Å². The van der Waals surface area contributed by atoms with Crippen molar-refractivity contribution in [1.82, 2.24) is 0 Å². The van der Waals surface area contributed by atoms with Gasteiger partial charge in [-0.15, -0.1) is 0 Å². The van der Waals surface area contributed by atoms with Gasteiger partial charge in [0.1, 0.15) is 6.54 Å². The quantitative estimate of drug-likeness (QED) is 0.605. The molecule has 1 aliphatic heterocycles. The van der Waals surface area contributed by atoms with E-state index in [0.717, 1.165) is 49.0 Å². The lowest BCUT2D eigenvalue weighted by atomic mass is 10.0. The van der Waals surface area contributed by atoms with Crippen molar-refractivity contribution in [2.24, 2.45) is 0 Å². The lowest BCUT2D eigenvalue weighted by Crippen LogP contribution is -3.09. The Morgan fingerprint density at radius 3 is 2.34 bits per heavy atom. The number of hydrogen-bond donors (Lipinski definition) is 2. The number of aryl methyl sites for hydroxylation is 1. The van der Waals surface area contributed by atoms with Gasteiger partial charge in [0.15, 0.2) is 6.04 Å². The maximum absolute atomic E-state index is 13.5. The average molecular weight is 431 g/mol. The van der Waals surface area contributed by atoms with E-state index in [1.54, 1.807) is 0 Å². The van der Waals surface area contributed by atoms with E-state index in [4.69, 9.17) is 4.74 Å². The van der Waals surface area contributed by atoms with Crippen molar-refractivity contribution in [2.75, 3.05) is 43.6 Å². The second-order valence-corrected chi connectivity index (χ2v) is 8.45. The highest BCUT2D eigenvalue weighted by atomic mass is 16.5. The monoisotopic (exact) mass is 430 g/mol. The zero-order valence-corrected chi connectivity index (χ0v) is 18.9. The van der Waals surface area contributed by atoms with Crippen LogP contribution in [0, 0.1) is 6.92 Å². The highest BCUT2D eigenvalue weighted by molar-refractivity contribution is 5.94. The Labute approximate surface area is 190 Å². The molecule has 0 aliphatic carbocycles. The Balaban J connectivity index is 1.58. The number of nitrogens with one attached hydrogen (secondary N) is 2. The van der Waals surface area contributed by atoms with Gasteiger partial charge in [-0.1, -0.05) is 66.2 Å². The highest BCUT2D eigenvalue weighted by Crippen LogP contribution is 2.22. The first-order chi connectivity index (χ1) is 15.6. The van der Waals surface area contributed by atoms with Crippen LogP contribution in [-0.4, -0.2) is 39.3 Å². The van der Waals surface area contributed by atoms with Crippen LogP contribution in [0.5, 0.6) is 0 Å². The third-order valence-electron chi connectivity index (χ3n) is 6.02. The van der Waals surface area contributed by atoms with Gasteiger partial charge in [0.25, 0.3) is 5.91 Å². The molecule has 0 radical (unpaired) electrons. The lowest BCUT2D eigenvalue weighted by molar-refractivity contribution is -0.915. The number of para-hydroxylation sites is 1. The van der Waals surface area contributed by atoms with Crippen LogP contribution in [0.4, 0.5) is 11.4 Å². The molecule has 2 atom stereocenters. The zero-order chi connectivity index (χ0) is 22.3. The third kappa shape index (κ3) is 5.36. The van der Waals surface area contributed by atoms with Gasteiger partial charge in [-0.3, -0.25) is 4.79 Å². The number of nitrogens with zero attached hydrogens (tertiary/aromatic N) is 1. The van der Waals surface area contributed by atoms with Crippen molar-refractivity contribution < 1.29 is 14.4 Å². The largest absolute Gasteiger partial charge is 0.378 e. The molecular formula is C27H32N3O2+. The average Bonchev–Trinajstić information content (AvgIpc) is 2.82. The molecule has 1 fully saturated rings. The number of anilines is 2. The van der Waals surface area contributed by atoms with E-state index in [0.29, 0.717) is 0 Å². The molecule has 0 spiro atoms. The summed E-state index contributed by atoms with van der Waals surface area (Å²) in [7, 11) is 2.10. The first kappa shape index (κ1) is 22.1. The molecule has 5 heteroatoms. The van der Waals surface area contributed by atoms with Gasteiger partial charge in [0, 0.05) is 35.6 Å². The summed E-state index contributed by atoms with van der Waals surface area (Å²) in [5.74, 6) is 0.00130. The van der Waals surface area contributed by atoms with Crippen molar-refractivity contribution >= 4 is 17.3 Å². The van der Waals surface area contributed by atoms with Crippen molar-refractivity contribution in [3.8, 4) is 0 Å². The molecule has 166 valence electrons. The molecule has 3 aromatic rings. The second-order valence-electron chi connectivity index (χ2n) is 8.45. The molecule has 1 heterocycles. The van der Waals surface area contributed by atoms with E-state index >= 15 is 0 Å². The SMILES string of the molecule is Cc1ccc(NC(=O)[C@H](c2ccccc2)[NH+](C)Cc2ccccc2N2CCOCC2)cc1. The number of carbonyl (C=O) groups is 1. The first-order valence-corrected chi connectivity index (χ1v) is 11.3. The van der Waals surface area contributed by atoms with E-state index in [9.17, 15) is 4.79 Å². The molecule has 1 unspecified atom stereocenters. The topological polar surface area (TPSA) is 46.0 Å². The fourth-order valence-corrected chi connectivity index (χ4v) is 4.33. The summed E-state index contributed by atoms with van der Waals surface area (Å²) in [6.07, 6.45) is 0. The molecule has 4 rings (SSSR count). The standard InChI is InChI=1S/C27H31N3O2/c1-21-12-14-24(15-13-21)28-27(31)26(22-8-4-3-5-9-22)29(2)20-23-10-6-7-11-25(23)30-16-18-32-19-17-30/h3-15,26H,16-20H2,1-2H3,(H,28,31)/p+1/t26-/m0/s1. The summed E-state index contributed by atoms with van der Waals surface area (Å²) in [6.45, 7) is 6.08. The minimum atomic E-state index is -0.324. The summed E-state index contributed by atoms with van der Waals surface area (Å²) in [4.78, 5) is 17.0. The molecule has 0 saturated carbocycles. The number of quaternary nitrogens is 1. The molecule has 3 aromatic carbocycles. The van der Waals surface area contributed by atoms with Crippen molar-refractivity contribution in [3.05, 3.63) is 95.6 Å². The third-order valence-corrected chi connectivity index (χ3v) is 6.02. The Bertz CT molecular complexity index is 1010. The predicted octanol–water partition coefficient (Wildman–Crippen LogP) is 3.23. The maximum Gasteiger partial charge on any atom is 0.287 e. The first-order valence-electron chi connectivity index (χ1n) is 11.3. The Morgan fingerprint density at radius 1 is 0.969 bits per heavy atom. The van der Waals surface area contributed by atoms with Crippen LogP contribution in [0.1, 0.15) is 22.7 Å². The fourth-order valence-electron chi connectivity index (χ4n) is 4.33.